The predicted molar refractivity (Wildman–Crippen MR) is 73.8 cm³/mol. The van der Waals surface area contributed by atoms with Gasteiger partial charge in [0.15, 0.2) is 0 Å². The van der Waals surface area contributed by atoms with E-state index in [4.69, 9.17) is 4.74 Å². The molecule has 2 bridgehead atoms. The van der Waals surface area contributed by atoms with Crippen LogP contribution in [0.15, 0.2) is 18.2 Å². The largest absolute Gasteiger partial charge is 0.465 e. The second kappa shape index (κ2) is 3.76. The van der Waals surface area contributed by atoms with Crippen molar-refractivity contribution in [1.29, 1.82) is 0 Å². The molecule has 0 unspecified atom stereocenters. The lowest BCUT2D eigenvalue weighted by Crippen LogP contribution is -2.38. The SMILES string of the molecule is COC(=O)c1ccc2[nH]c3c(c2c1)N1CCC3CC1. The molecule has 0 saturated carbocycles. The molecule has 1 aromatic carbocycles. The number of carbonyl (C=O) groups is 1. The van der Waals surface area contributed by atoms with E-state index in [1.54, 1.807) is 0 Å². The van der Waals surface area contributed by atoms with E-state index in [1.165, 1.54) is 31.3 Å². The van der Waals surface area contributed by atoms with Crippen molar-refractivity contribution in [3.05, 3.63) is 29.5 Å². The number of ether oxygens (including phenoxy) is 1. The van der Waals surface area contributed by atoms with Crippen LogP contribution in [0.3, 0.4) is 0 Å². The van der Waals surface area contributed by atoms with Gasteiger partial charge in [-0.3, -0.25) is 0 Å². The van der Waals surface area contributed by atoms with Gasteiger partial charge in [-0.05, 0) is 31.0 Å². The average Bonchev–Trinajstić information content (AvgIpc) is 2.88. The van der Waals surface area contributed by atoms with Gasteiger partial charge in [0.05, 0.1) is 18.4 Å². The highest BCUT2D eigenvalue weighted by atomic mass is 16.5. The number of esters is 1. The van der Waals surface area contributed by atoms with Crippen molar-refractivity contribution < 1.29 is 9.53 Å². The Bertz CT molecular complexity index is 666. The third kappa shape index (κ3) is 1.43. The smallest absolute Gasteiger partial charge is 0.337 e. The third-order valence-electron chi connectivity index (χ3n) is 4.44. The molecule has 3 aliphatic rings. The summed E-state index contributed by atoms with van der Waals surface area (Å²) in [5, 5.41) is 1.15. The first-order valence-corrected chi connectivity index (χ1v) is 6.77. The van der Waals surface area contributed by atoms with E-state index >= 15 is 0 Å². The van der Waals surface area contributed by atoms with Gasteiger partial charge in [0.1, 0.15) is 0 Å². The van der Waals surface area contributed by atoms with Gasteiger partial charge in [-0.2, -0.15) is 0 Å². The van der Waals surface area contributed by atoms with Crippen molar-refractivity contribution in [2.75, 3.05) is 25.1 Å². The molecule has 5 rings (SSSR count). The average molecular weight is 256 g/mol. The standard InChI is InChI=1S/C15H16N2O2/c1-19-15(18)10-2-3-12-11(8-10)14-13(16-12)9-4-6-17(14)7-5-9/h2-3,8-9,16H,4-7H2,1H3. The Kier molecular flexibility index (Phi) is 2.16. The number of nitrogens with zero attached hydrogens (tertiary/aromatic N) is 1. The fraction of sp³-hybridized carbons (Fsp3) is 0.400. The van der Waals surface area contributed by atoms with E-state index < -0.39 is 0 Å². The van der Waals surface area contributed by atoms with Crippen LogP contribution in [0, 0.1) is 0 Å². The fourth-order valence-corrected chi connectivity index (χ4v) is 3.47. The van der Waals surface area contributed by atoms with Gasteiger partial charge in [0, 0.05) is 35.6 Å². The summed E-state index contributed by atoms with van der Waals surface area (Å²) in [5.41, 5.74) is 4.41. The van der Waals surface area contributed by atoms with Gasteiger partial charge in [-0.1, -0.05) is 0 Å². The molecule has 3 aliphatic heterocycles. The number of aromatic nitrogens is 1. The van der Waals surface area contributed by atoms with Gasteiger partial charge in [0.2, 0.25) is 0 Å². The maximum Gasteiger partial charge on any atom is 0.337 e. The molecule has 0 radical (unpaired) electrons. The van der Waals surface area contributed by atoms with Crippen LogP contribution < -0.4 is 4.90 Å². The summed E-state index contributed by atoms with van der Waals surface area (Å²) in [6.45, 7) is 2.26. The molecule has 0 aliphatic carbocycles. The van der Waals surface area contributed by atoms with Crippen LogP contribution >= 0.6 is 0 Å². The van der Waals surface area contributed by atoms with Gasteiger partial charge in [-0.15, -0.1) is 0 Å². The van der Waals surface area contributed by atoms with E-state index in [0.29, 0.717) is 11.5 Å². The summed E-state index contributed by atoms with van der Waals surface area (Å²) >= 11 is 0. The summed E-state index contributed by atoms with van der Waals surface area (Å²) in [6.07, 6.45) is 2.48. The van der Waals surface area contributed by atoms with E-state index in [9.17, 15) is 4.79 Å². The number of fused-ring (bicyclic) bond motifs is 3. The highest BCUT2D eigenvalue weighted by Crippen LogP contribution is 2.45. The first-order chi connectivity index (χ1) is 9.28. The number of hydrogen-bond acceptors (Lipinski definition) is 3. The molecule has 1 aromatic heterocycles. The van der Waals surface area contributed by atoms with Crippen LogP contribution in [0.5, 0.6) is 0 Å². The Hall–Kier alpha value is -1.97. The number of methoxy groups -OCH3 is 1. The van der Waals surface area contributed by atoms with Gasteiger partial charge in [0.25, 0.3) is 0 Å². The summed E-state index contributed by atoms with van der Waals surface area (Å²) in [4.78, 5) is 17.6. The van der Waals surface area contributed by atoms with Gasteiger partial charge >= 0.3 is 5.97 Å². The minimum absolute atomic E-state index is 0.271. The number of benzene rings is 1. The molecule has 19 heavy (non-hydrogen) atoms. The summed E-state index contributed by atoms with van der Waals surface area (Å²) in [7, 11) is 1.42. The molecule has 4 nitrogen and oxygen atoms in total. The highest BCUT2D eigenvalue weighted by Gasteiger charge is 2.33. The van der Waals surface area contributed by atoms with E-state index in [0.717, 1.165) is 24.0 Å². The van der Waals surface area contributed by atoms with Crippen LogP contribution in [-0.4, -0.2) is 31.2 Å². The number of carbonyl (C=O) groups excluding carboxylic acids is 1. The molecule has 0 amide bonds. The second-order valence-corrected chi connectivity index (χ2v) is 5.40. The highest BCUT2D eigenvalue weighted by molar-refractivity contribution is 6.01. The Morgan fingerprint density at radius 3 is 2.89 bits per heavy atom. The maximum absolute atomic E-state index is 11.7. The molecular formula is C15H16N2O2. The van der Waals surface area contributed by atoms with E-state index in [-0.39, 0.29) is 5.97 Å². The predicted octanol–water partition coefficient (Wildman–Crippen LogP) is 2.65. The summed E-state index contributed by atoms with van der Waals surface area (Å²) in [5.74, 6) is 0.391. The molecule has 4 heteroatoms. The molecule has 1 saturated heterocycles. The van der Waals surface area contributed by atoms with Crippen LogP contribution in [0.4, 0.5) is 5.69 Å². The van der Waals surface area contributed by atoms with Crippen LogP contribution in [0.1, 0.15) is 34.8 Å². The Labute approximate surface area is 111 Å². The van der Waals surface area contributed by atoms with Crippen molar-refractivity contribution >= 4 is 22.6 Å². The molecule has 1 fully saturated rings. The topological polar surface area (TPSA) is 45.3 Å². The van der Waals surface area contributed by atoms with Crippen molar-refractivity contribution in [2.24, 2.45) is 0 Å². The zero-order valence-corrected chi connectivity index (χ0v) is 10.9. The normalized spacial score (nSPS) is 17.8. The lowest BCUT2D eigenvalue weighted by molar-refractivity contribution is 0.0601. The Morgan fingerprint density at radius 2 is 2.16 bits per heavy atom. The first kappa shape index (κ1) is 10.9. The number of rotatable bonds is 1. The van der Waals surface area contributed by atoms with E-state index in [1.807, 2.05) is 18.2 Å². The number of hydrogen-bond donors (Lipinski definition) is 1. The van der Waals surface area contributed by atoms with Crippen LogP contribution in [0.2, 0.25) is 0 Å². The maximum atomic E-state index is 11.7. The molecule has 2 aromatic rings. The Morgan fingerprint density at radius 1 is 1.37 bits per heavy atom. The third-order valence-corrected chi connectivity index (χ3v) is 4.44. The number of aromatic amines is 1. The molecule has 4 heterocycles. The number of nitrogens with one attached hydrogen (secondary N) is 1. The molecule has 0 spiro atoms. The quantitative estimate of drug-likeness (QED) is 0.798. The summed E-state index contributed by atoms with van der Waals surface area (Å²) < 4.78 is 4.81. The van der Waals surface area contributed by atoms with E-state index in [2.05, 4.69) is 9.88 Å². The number of anilines is 1. The first-order valence-electron chi connectivity index (χ1n) is 6.77. The minimum Gasteiger partial charge on any atom is -0.465 e. The monoisotopic (exact) mass is 256 g/mol. The zero-order valence-electron chi connectivity index (χ0n) is 10.9. The minimum atomic E-state index is -0.271. The van der Waals surface area contributed by atoms with Crippen LogP contribution in [0.25, 0.3) is 10.9 Å². The van der Waals surface area contributed by atoms with Crippen molar-refractivity contribution in [3.8, 4) is 0 Å². The summed E-state index contributed by atoms with van der Waals surface area (Å²) in [6, 6.07) is 5.77. The molecule has 98 valence electrons. The second-order valence-electron chi connectivity index (χ2n) is 5.40. The van der Waals surface area contributed by atoms with Crippen LogP contribution in [-0.2, 0) is 4.74 Å². The van der Waals surface area contributed by atoms with Gasteiger partial charge in [-0.25, -0.2) is 4.79 Å². The van der Waals surface area contributed by atoms with Crippen molar-refractivity contribution in [2.45, 2.75) is 18.8 Å². The lowest BCUT2D eigenvalue weighted by atomic mass is 9.87. The molecule has 1 N–H and O–H groups in total. The Balaban J connectivity index is 1.94. The van der Waals surface area contributed by atoms with Crippen molar-refractivity contribution in [1.82, 2.24) is 4.98 Å². The molecule has 0 atom stereocenters. The number of piperidine rings is 1. The van der Waals surface area contributed by atoms with Gasteiger partial charge < -0.3 is 14.6 Å². The fourth-order valence-electron chi connectivity index (χ4n) is 3.47. The number of H-pyrrole nitrogens is 1. The lowest BCUT2D eigenvalue weighted by Gasteiger charge is -2.40. The molecular weight excluding hydrogens is 240 g/mol. The zero-order chi connectivity index (χ0) is 13.0. The van der Waals surface area contributed by atoms with Crippen molar-refractivity contribution in [3.63, 3.8) is 0 Å².